The SMILES string of the molecule is Cc1c(Br)c2ccccc2n1CC(=O)NCc1noc(C(C)(C)C)n1. The van der Waals surface area contributed by atoms with Crippen LogP contribution in [0.5, 0.6) is 0 Å². The summed E-state index contributed by atoms with van der Waals surface area (Å²) in [6, 6.07) is 8.00. The van der Waals surface area contributed by atoms with Crippen molar-refractivity contribution in [2.45, 2.75) is 46.2 Å². The Bertz CT molecular complexity index is 921. The van der Waals surface area contributed by atoms with Gasteiger partial charge in [0.1, 0.15) is 6.54 Å². The van der Waals surface area contributed by atoms with Gasteiger partial charge in [0.15, 0.2) is 5.82 Å². The molecule has 7 heteroatoms. The first-order valence-corrected chi connectivity index (χ1v) is 8.90. The number of nitrogens with one attached hydrogen (secondary N) is 1. The first kappa shape index (κ1) is 17.7. The van der Waals surface area contributed by atoms with E-state index in [1.54, 1.807) is 0 Å². The van der Waals surface area contributed by atoms with Crippen molar-refractivity contribution in [2.75, 3.05) is 0 Å². The van der Waals surface area contributed by atoms with Gasteiger partial charge in [-0.15, -0.1) is 0 Å². The number of aromatic nitrogens is 3. The molecule has 25 heavy (non-hydrogen) atoms. The Labute approximate surface area is 154 Å². The molecule has 1 amide bonds. The van der Waals surface area contributed by atoms with E-state index in [4.69, 9.17) is 4.52 Å². The van der Waals surface area contributed by atoms with Gasteiger partial charge < -0.3 is 14.4 Å². The molecule has 0 fully saturated rings. The minimum absolute atomic E-state index is 0.0986. The van der Waals surface area contributed by atoms with Gasteiger partial charge in [-0.1, -0.05) is 44.1 Å². The number of carbonyl (C=O) groups excluding carboxylic acids is 1. The minimum Gasteiger partial charge on any atom is -0.347 e. The van der Waals surface area contributed by atoms with Gasteiger partial charge >= 0.3 is 0 Å². The molecule has 2 aromatic heterocycles. The maximum absolute atomic E-state index is 12.4. The molecule has 0 atom stereocenters. The molecule has 0 radical (unpaired) electrons. The highest BCUT2D eigenvalue weighted by molar-refractivity contribution is 9.10. The van der Waals surface area contributed by atoms with Gasteiger partial charge in [0.25, 0.3) is 0 Å². The van der Waals surface area contributed by atoms with Crippen molar-refractivity contribution >= 4 is 32.7 Å². The summed E-state index contributed by atoms with van der Waals surface area (Å²) in [7, 11) is 0. The van der Waals surface area contributed by atoms with Crippen molar-refractivity contribution in [1.29, 1.82) is 0 Å². The second-order valence-electron chi connectivity index (χ2n) is 7.05. The number of hydrogen-bond donors (Lipinski definition) is 1. The molecule has 0 saturated heterocycles. The molecule has 3 aromatic rings. The van der Waals surface area contributed by atoms with Gasteiger partial charge in [0.2, 0.25) is 11.8 Å². The van der Waals surface area contributed by atoms with Crippen LogP contribution < -0.4 is 5.32 Å². The van der Waals surface area contributed by atoms with Crippen LogP contribution in [-0.2, 0) is 23.3 Å². The lowest BCUT2D eigenvalue weighted by atomic mass is 9.97. The summed E-state index contributed by atoms with van der Waals surface area (Å²) in [6.07, 6.45) is 0. The second-order valence-corrected chi connectivity index (χ2v) is 7.84. The Kier molecular flexibility index (Phi) is 4.69. The van der Waals surface area contributed by atoms with Gasteiger partial charge in [0, 0.05) is 26.5 Å². The van der Waals surface area contributed by atoms with E-state index in [0.29, 0.717) is 11.7 Å². The van der Waals surface area contributed by atoms with Crippen molar-refractivity contribution in [3.8, 4) is 0 Å². The average Bonchev–Trinajstić information content (AvgIpc) is 3.13. The van der Waals surface area contributed by atoms with E-state index in [1.165, 1.54) is 0 Å². The fourth-order valence-corrected chi connectivity index (χ4v) is 3.15. The Morgan fingerprint density at radius 1 is 1.32 bits per heavy atom. The lowest BCUT2D eigenvalue weighted by Gasteiger charge is -2.10. The molecule has 1 N–H and O–H groups in total. The quantitative estimate of drug-likeness (QED) is 0.718. The molecule has 2 heterocycles. The lowest BCUT2D eigenvalue weighted by molar-refractivity contribution is -0.121. The van der Waals surface area contributed by atoms with Crippen molar-refractivity contribution in [3.05, 3.63) is 46.1 Å². The van der Waals surface area contributed by atoms with Crippen molar-refractivity contribution in [2.24, 2.45) is 0 Å². The van der Waals surface area contributed by atoms with E-state index < -0.39 is 0 Å². The van der Waals surface area contributed by atoms with Gasteiger partial charge in [-0.2, -0.15) is 4.98 Å². The smallest absolute Gasteiger partial charge is 0.240 e. The molecule has 1 aromatic carbocycles. The Morgan fingerprint density at radius 2 is 2.04 bits per heavy atom. The van der Waals surface area contributed by atoms with E-state index in [9.17, 15) is 4.79 Å². The second kappa shape index (κ2) is 6.63. The molecule has 0 aliphatic heterocycles. The fraction of sp³-hybridized carbons (Fsp3) is 0.389. The van der Waals surface area contributed by atoms with E-state index in [1.807, 2.05) is 56.5 Å². The first-order valence-electron chi connectivity index (χ1n) is 8.10. The first-order chi connectivity index (χ1) is 11.8. The number of amides is 1. The summed E-state index contributed by atoms with van der Waals surface area (Å²) in [5.41, 5.74) is 1.84. The largest absolute Gasteiger partial charge is 0.347 e. The molecule has 0 aliphatic rings. The predicted octanol–water partition coefficient (Wildman–Crippen LogP) is 3.71. The van der Waals surface area contributed by atoms with Gasteiger partial charge in [-0.25, -0.2) is 0 Å². The monoisotopic (exact) mass is 404 g/mol. The Balaban J connectivity index is 1.70. The molecule has 132 valence electrons. The van der Waals surface area contributed by atoms with Crippen LogP contribution in [0.1, 0.15) is 38.2 Å². The highest BCUT2D eigenvalue weighted by Gasteiger charge is 2.22. The van der Waals surface area contributed by atoms with Gasteiger partial charge in [-0.05, 0) is 28.9 Å². The maximum Gasteiger partial charge on any atom is 0.240 e. The molecule has 0 aliphatic carbocycles. The molecule has 3 rings (SSSR count). The van der Waals surface area contributed by atoms with E-state index >= 15 is 0 Å². The zero-order valence-corrected chi connectivity index (χ0v) is 16.3. The number of halogens is 1. The zero-order chi connectivity index (χ0) is 18.2. The number of nitrogens with zero attached hydrogens (tertiary/aromatic N) is 3. The van der Waals surface area contributed by atoms with Crippen molar-refractivity contribution < 1.29 is 9.32 Å². The van der Waals surface area contributed by atoms with E-state index in [-0.39, 0.29) is 24.4 Å². The Morgan fingerprint density at radius 3 is 2.72 bits per heavy atom. The molecular weight excluding hydrogens is 384 g/mol. The van der Waals surface area contributed by atoms with E-state index in [0.717, 1.165) is 21.1 Å². The third-order valence-electron chi connectivity index (χ3n) is 4.01. The number of hydrogen-bond acceptors (Lipinski definition) is 4. The number of benzene rings is 1. The van der Waals surface area contributed by atoms with Crippen molar-refractivity contribution in [1.82, 2.24) is 20.0 Å². The average molecular weight is 405 g/mol. The van der Waals surface area contributed by atoms with Crippen LogP contribution in [0.25, 0.3) is 10.9 Å². The number of fused-ring (bicyclic) bond motifs is 1. The highest BCUT2D eigenvalue weighted by Crippen LogP contribution is 2.30. The topological polar surface area (TPSA) is 73.0 Å². The summed E-state index contributed by atoms with van der Waals surface area (Å²) >= 11 is 3.60. The third-order valence-corrected chi connectivity index (χ3v) is 5.01. The van der Waals surface area contributed by atoms with Gasteiger partial charge in [0.05, 0.1) is 6.54 Å². The van der Waals surface area contributed by atoms with Crippen LogP contribution in [0.4, 0.5) is 0 Å². The summed E-state index contributed by atoms with van der Waals surface area (Å²) in [6.45, 7) is 8.48. The molecular formula is C18H21BrN4O2. The maximum atomic E-state index is 12.4. The Hall–Kier alpha value is -2.15. The third kappa shape index (κ3) is 3.61. The van der Waals surface area contributed by atoms with Crippen LogP contribution in [0.15, 0.2) is 33.3 Å². The summed E-state index contributed by atoms with van der Waals surface area (Å²) in [5, 5.41) is 7.87. The van der Waals surface area contributed by atoms with Crippen molar-refractivity contribution in [3.63, 3.8) is 0 Å². The highest BCUT2D eigenvalue weighted by atomic mass is 79.9. The predicted molar refractivity (Wildman–Crippen MR) is 99.2 cm³/mol. The van der Waals surface area contributed by atoms with Crippen LogP contribution in [0.2, 0.25) is 0 Å². The summed E-state index contributed by atoms with van der Waals surface area (Å²) in [4.78, 5) is 16.7. The fourth-order valence-electron chi connectivity index (χ4n) is 2.60. The van der Waals surface area contributed by atoms with Gasteiger partial charge in [-0.3, -0.25) is 4.79 Å². The van der Waals surface area contributed by atoms with Crippen LogP contribution >= 0.6 is 15.9 Å². The molecule has 0 bridgehead atoms. The molecule has 0 unspecified atom stereocenters. The number of rotatable bonds is 4. The normalized spacial score (nSPS) is 11.9. The van der Waals surface area contributed by atoms with Crippen LogP contribution in [0.3, 0.4) is 0 Å². The van der Waals surface area contributed by atoms with E-state index in [2.05, 4.69) is 31.4 Å². The minimum atomic E-state index is -0.206. The number of carbonyl (C=O) groups is 1. The summed E-state index contributed by atoms with van der Waals surface area (Å²) in [5.74, 6) is 0.944. The lowest BCUT2D eigenvalue weighted by Crippen LogP contribution is -2.28. The molecule has 0 saturated carbocycles. The summed E-state index contributed by atoms with van der Waals surface area (Å²) < 4.78 is 8.25. The standard InChI is InChI=1S/C18H21BrN4O2/c1-11-16(19)12-7-5-6-8-13(12)23(11)10-15(24)20-9-14-21-17(25-22-14)18(2,3)4/h5-8H,9-10H2,1-4H3,(H,20,24). The zero-order valence-electron chi connectivity index (χ0n) is 14.8. The molecule has 0 spiro atoms. The van der Waals surface area contributed by atoms with Crippen LogP contribution in [0, 0.1) is 6.92 Å². The van der Waals surface area contributed by atoms with Crippen LogP contribution in [-0.4, -0.2) is 20.6 Å². The molecule has 6 nitrogen and oxygen atoms in total. The number of para-hydroxylation sites is 1.